The van der Waals surface area contributed by atoms with Gasteiger partial charge in [0.1, 0.15) is 11.2 Å². The number of carboxylic acid groups (broad SMARTS) is 1. The molecule has 1 aliphatic carbocycles. The lowest BCUT2D eigenvalue weighted by Crippen LogP contribution is -2.40. The third-order valence-corrected chi connectivity index (χ3v) is 5.80. The highest BCUT2D eigenvalue weighted by Crippen LogP contribution is 2.42. The normalized spacial score (nSPS) is 28.6. The number of anilines is 2. The van der Waals surface area contributed by atoms with Crippen LogP contribution >= 0.6 is 0 Å². The molecule has 1 aromatic heterocycles. The Morgan fingerprint density at radius 3 is 2.83 bits per heavy atom. The summed E-state index contributed by atoms with van der Waals surface area (Å²) in [5.41, 5.74) is 1.71. The number of hydrogen-bond donors (Lipinski definition) is 2. The molecule has 130 valence electrons. The third kappa shape index (κ3) is 2.25. The molecule has 3 heterocycles. The number of aliphatic carboxylic acids is 1. The van der Waals surface area contributed by atoms with Gasteiger partial charge < -0.3 is 20.2 Å². The zero-order chi connectivity index (χ0) is 16.9. The van der Waals surface area contributed by atoms with Crippen LogP contribution in [0, 0.1) is 11.3 Å². The number of rotatable bonds is 3. The summed E-state index contributed by atoms with van der Waals surface area (Å²) in [6, 6.07) is 0. The Morgan fingerprint density at radius 1 is 1.33 bits per heavy atom. The van der Waals surface area contributed by atoms with E-state index in [1.54, 1.807) is 0 Å². The Hall–Kier alpha value is -1.89. The Labute approximate surface area is 142 Å². The van der Waals surface area contributed by atoms with Crippen molar-refractivity contribution in [1.82, 2.24) is 15.3 Å². The van der Waals surface area contributed by atoms with E-state index in [0.717, 1.165) is 49.8 Å². The van der Waals surface area contributed by atoms with Gasteiger partial charge >= 0.3 is 5.97 Å². The van der Waals surface area contributed by atoms with Crippen LogP contribution in [0.4, 0.5) is 11.8 Å². The zero-order valence-corrected chi connectivity index (χ0v) is 14.4. The second-order valence-electron chi connectivity index (χ2n) is 7.54. The minimum Gasteiger partial charge on any atom is -0.481 e. The molecule has 0 saturated carbocycles. The predicted molar refractivity (Wildman–Crippen MR) is 91.6 cm³/mol. The number of nitrogens with one attached hydrogen (secondary N) is 1. The molecule has 0 aromatic carbocycles. The van der Waals surface area contributed by atoms with Crippen molar-refractivity contribution in [1.29, 1.82) is 0 Å². The first-order valence-corrected chi connectivity index (χ1v) is 8.77. The van der Waals surface area contributed by atoms with Gasteiger partial charge in [-0.05, 0) is 25.7 Å². The van der Waals surface area contributed by atoms with E-state index in [4.69, 9.17) is 9.97 Å². The van der Waals surface area contributed by atoms with Gasteiger partial charge in [-0.1, -0.05) is 0 Å². The van der Waals surface area contributed by atoms with Gasteiger partial charge in [-0.3, -0.25) is 4.79 Å². The van der Waals surface area contributed by atoms with Crippen LogP contribution in [0.3, 0.4) is 0 Å². The zero-order valence-electron chi connectivity index (χ0n) is 14.4. The highest BCUT2D eigenvalue weighted by molar-refractivity contribution is 5.78. The number of fused-ring (bicyclic) bond motifs is 2. The molecule has 2 atom stereocenters. The van der Waals surface area contributed by atoms with Crippen LogP contribution in [0.1, 0.15) is 24.1 Å². The summed E-state index contributed by atoms with van der Waals surface area (Å²) < 4.78 is 0. The minimum atomic E-state index is -0.684. The maximum absolute atomic E-state index is 11.9. The molecule has 0 radical (unpaired) electrons. The summed E-state index contributed by atoms with van der Waals surface area (Å²) in [7, 11) is 3.91. The van der Waals surface area contributed by atoms with Gasteiger partial charge in [-0.15, -0.1) is 0 Å². The first-order valence-electron chi connectivity index (χ1n) is 8.77. The van der Waals surface area contributed by atoms with Crippen molar-refractivity contribution in [3.05, 3.63) is 11.3 Å². The summed E-state index contributed by atoms with van der Waals surface area (Å²) in [6.45, 7) is 2.62. The van der Waals surface area contributed by atoms with Crippen LogP contribution in [0.2, 0.25) is 0 Å². The van der Waals surface area contributed by atoms with Crippen molar-refractivity contribution in [3.63, 3.8) is 0 Å². The Kier molecular flexibility index (Phi) is 3.63. The number of carbonyl (C=O) groups is 1. The van der Waals surface area contributed by atoms with E-state index < -0.39 is 11.4 Å². The van der Waals surface area contributed by atoms with Gasteiger partial charge in [0.2, 0.25) is 5.95 Å². The molecule has 3 aliphatic rings. The molecule has 1 aromatic rings. The second-order valence-corrected chi connectivity index (χ2v) is 7.54. The Bertz CT molecular complexity index is 677. The lowest BCUT2D eigenvalue weighted by Gasteiger charge is -2.28. The van der Waals surface area contributed by atoms with Gasteiger partial charge in [0.25, 0.3) is 0 Å². The molecule has 7 heteroatoms. The summed E-state index contributed by atoms with van der Waals surface area (Å²) in [5, 5.41) is 13.1. The van der Waals surface area contributed by atoms with Crippen LogP contribution in [0.25, 0.3) is 0 Å². The van der Waals surface area contributed by atoms with Crippen LogP contribution < -0.4 is 15.1 Å². The average molecular weight is 331 g/mol. The average Bonchev–Trinajstić information content (AvgIpc) is 3.11. The molecule has 0 amide bonds. The van der Waals surface area contributed by atoms with Crippen molar-refractivity contribution in [3.8, 4) is 0 Å². The minimum absolute atomic E-state index is 0.145. The second kappa shape index (κ2) is 5.58. The van der Waals surface area contributed by atoms with Gasteiger partial charge in [0.05, 0.1) is 5.69 Å². The highest BCUT2D eigenvalue weighted by Gasteiger charge is 2.55. The van der Waals surface area contributed by atoms with Crippen molar-refractivity contribution in [2.75, 3.05) is 50.1 Å². The summed E-state index contributed by atoms with van der Waals surface area (Å²) in [6.07, 6.45) is 4.32. The fourth-order valence-corrected chi connectivity index (χ4v) is 4.41. The Morgan fingerprint density at radius 2 is 2.12 bits per heavy atom. The smallest absolute Gasteiger partial charge is 0.313 e. The van der Waals surface area contributed by atoms with E-state index in [2.05, 4.69) is 10.2 Å². The van der Waals surface area contributed by atoms with Crippen molar-refractivity contribution < 1.29 is 9.90 Å². The predicted octanol–water partition coefficient (Wildman–Crippen LogP) is 0.532. The fraction of sp³-hybridized carbons (Fsp3) is 0.706. The number of carboxylic acids is 1. The molecule has 2 fully saturated rings. The maximum atomic E-state index is 11.9. The monoisotopic (exact) mass is 331 g/mol. The van der Waals surface area contributed by atoms with Crippen LogP contribution in [0.5, 0.6) is 0 Å². The number of aromatic nitrogens is 2. The van der Waals surface area contributed by atoms with E-state index in [0.29, 0.717) is 13.1 Å². The molecule has 2 saturated heterocycles. The van der Waals surface area contributed by atoms with Crippen LogP contribution in [-0.4, -0.2) is 61.3 Å². The summed E-state index contributed by atoms with van der Waals surface area (Å²) >= 11 is 0. The molecule has 24 heavy (non-hydrogen) atoms. The van der Waals surface area contributed by atoms with E-state index in [-0.39, 0.29) is 5.92 Å². The SMILES string of the molecule is CN(C)c1nc2c(c(N3CC4CNC[C@@]4(C(=O)O)C3)n1)CCCC2. The molecule has 4 rings (SSSR count). The van der Waals surface area contributed by atoms with Crippen LogP contribution in [0.15, 0.2) is 0 Å². The Balaban J connectivity index is 1.74. The van der Waals surface area contributed by atoms with Gasteiger partial charge in [0.15, 0.2) is 0 Å². The number of aryl methyl sites for hydroxylation is 1. The topological polar surface area (TPSA) is 81.6 Å². The lowest BCUT2D eigenvalue weighted by molar-refractivity contribution is -0.148. The fourth-order valence-electron chi connectivity index (χ4n) is 4.41. The van der Waals surface area contributed by atoms with Gasteiger partial charge in [0, 0.05) is 51.8 Å². The number of nitrogens with zero attached hydrogens (tertiary/aromatic N) is 4. The molecule has 2 N–H and O–H groups in total. The van der Waals surface area contributed by atoms with E-state index in [9.17, 15) is 9.90 Å². The van der Waals surface area contributed by atoms with Crippen molar-refractivity contribution in [2.24, 2.45) is 11.3 Å². The van der Waals surface area contributed by atoms with E-state index in [1.807, 2.05) is 19.0 Å². The quantitative estimate of drug-likeness (QED) is 0.836. The first-order chi connectivity index (χ1) is 11.5. The van der Waals surface area contributed by atoms with Crippen molar-refractivity contribution in [2.45, 2.75) is 25.7 Å². The number of hydrogen-bond acceptors (Lipinski definition) is 6. The third-order valence-electron chi connectivity index (χ3n) is 5.80. The highest BCUT2D eigenvalue weighted by atomic mass is 16.4. The summed E-state index contributed by atoms with van der Waals surface area (Å²) in [5.74, 6) is 1.16. The standard InChI is InChI=1S/C17H25N5O2/c1-21(2)16-19-13-6-4-3-5-12(13)14(20-16)22-8-11-7-18-9-17(11,10-22)15(23)24/h11,18H,3-10H2,1-2H3,(H,23,24)/t11?,17-/m1/s1. The van der Waals surface area contributed by atoms with Gasteiger partial charge in [-0.25, -0.2) is 4.98 Å². The molecule has 2 aliphatic heterocycles. The summed E-state index contributed by atoms with van der Waals surface area (Å²) in [4.78, 5) is 25.6. The molecular weight excluding hydrogens is 306 g/mol. The molecule has 0 bridgehead atoms. The van der Waals surface area contributed by atoms with E-state index >= 15 is 0 Å². The van der Waals surface area contributed by atoms with Gasteiger partial charge in [-0.2, -0.15) is 4.98 Å². The van der Waals surface area contributed by atoms with Crippen molar-refractivity contribution >= 4 is 17.7 Å². The maximum Gasteiger partial charge on any atom is 0.313 e. The molecule has 1 unspecified atom stereocenters. The molecular formula is C17H25N5O2. The van der Waals surface area contributed by atoms with E-state index in [1.165, 1.54) is 12.0 Å². The largest absolute Gasteiger partial charge is 0.481 e. The van der Waals surface area contributed by atoms with Crippen LogP contribution in [-0.2, 0) is 17.6 Å². The molecule has 7 nitrogen and oxygen atoms in total. The first kappa shape index (κ1) is 15.6. The molecule has 0 spiro atoms. The lowest BCUT2D eigenvalue weighted by atomic mass is 9.81.